The summed E-state index contributed by atoms with van der Waals surface area (Å²) in [7, 11) is 1.38. The number of methoxy groups -OCH3 is 1. The summed E-state index contributed by atoms with van der Waals surface area (Å²) in [5.74, 6) is -1.01. The SMILES string of the molecule is COCC(=O)O[C@@H]1CCOC1=O. The van der Waals surface area contributed by atoms with Gasteiger partial charge in [0.2, 0.25) is 6.10 Å². The zero-order valence-electron chi connectivity index (χ0n) is 6.74. The van der Waals surface area contributed by atoms with Gasteiger partial charge in [-0.1, -0.05) is 0 Å². The van der Waals surface area contributed by atoms with Crippen molar-refractivity contribution in [2.45, 2.75) is 12.5 Å². The van der Waals surface area contributed by atoms with Crippen molar-refractivity contribution >= 4 is 11.9 Å². The standard InChI is InChI=1S/C7H10O5/c1-10-4-6(8)12-5-2-3-11-7(5)9/h5H,2-4H2,1H3/t5-/m1/s1. The molecule has 0 aromatic heterocycles. The van der Waals surface area contributed by atoms with Gasteiger partial charge < -0.3 is 14.2 Å². The third-order valence-corrected chi connectivity index (χ3v) is 1.42. The van der Waals surface area contributed by atoms with E-state index in [4.69, 9.17) is 4.74 Å². The Bertz CT molecular complexity index is 188. The lowest BCUT2D eigenvalue weighted by Crippen LogP contribution is -2.24. The molecule has 1 fully saturated rings. The fraction of sp³-hybridized carbons (Fsp3) is 0.714. The van der Waals surface area contributed by atoms with E-state index in [2.05, 4.69) is 9.47 Å². The molecule has 0 unspecified atom stereocenters. The van der Waals surface area contributed by atoms with Crippen LogP contribution in [0.25, 0.3) is 0 Å². The summed E-state index contributed by atoms with van der Waals surface area (Å²) in [4.78, 5) is 21.6. The third-order valence-electron chi connectivity index (χ3n) is 1.42. The van der Waals surface area contributed by atoms with Crippen molar-refractivity contribution in [3.8, 4) is 0 Å². The summed E-state index contributed by atoms with van der Waals surface area (Å²) < 4.78 is 13.8. The normalized spacial score (nSPS) is 22.1. The van der Waals surface area contributed by atoms with Gasteiger partial charge in [0, 0.05) is 13.5 Å². The van der Waals surface area contributed by atoms with Crippen LogP contribution in [0.15, 0.2) is 0 Å². The molecule has 5 heteroatoms. The predicted octanol–water partition coefficient (Wildman–Crippen LogP) is -0.508. The fourth-order valence-electron chi connectivity index (χ4n) is 0.895. The minimum absolute atomic E-state index is 0.135. The first-order valence-corrected chi connectivity index (χ1v) is 3.59. The first-order valence-electron chi connectivity index (χ1n) is 3.59. The summed E-state index contributed by atoms with van der Waals surface area (Å²) in [6.07, 6.45) is -0.290. The molecule has 1 rings (SSSR count). The first-order chi connectivity index (χ1) is 5.74. The Balaban J connectivity index is 2.30. The molecule has 0 N–H and O–H groups in total. The zero-order chi connectivity index (χ0) is 8.97. The van der Waals surface area contributed by atoms with E-state index in [0.717, 1.165) is 0 Å². The Labute approximate surface area is 69.6 Å². The molecule has 1 saturated heterocycles. The molecule has 1 aliphatic heterocycles. The van der Waals surface area contributed by atoms with Gasteiger partial charge >= 0.3 is 11.9 Å². The molecule has 0 bridgehead atoms. The Hall–Kier alpha value is -1.10. The van der Waals surface area contributed by atoms with Crippen molar-refractivity contribution in [3.05, 3.63) is 0 Å². The number of esters is 2. The number of hydrogen-bond acceptors (Lipinski definition) is 5. The van der Waals surface area contributed by atoms with Crippen LogP contribution in [-0.4, -0.2) is 38.4 Å². The van der Waals surface area contributed by atoms with Gasteiger partial charge in [0.05, 0.1) is 6.61 Å². The van der Waals surface area contributed by atoms with Crippen LogP contribution >= 0.6 is 0 Å². The molecule has 0 radical (unpaired) electrons. The second-order valence-electron chi connectivity index (χ2n) is 2.37. The van der Waals surface area contributed by atoms with Gasteiger partial charge in [-0.2, -0.15) is 0 Å². The second-order valence-corrected chi connectivity index (χ2v) is 2.37. The zero-order valence-corrected chi connectivity index (χ0v) is 6.74. The Morgan fingerprint density at radius 1 is 1.75 bits per heavy atom. The maximum atomic E-state index is 10.8. The molecule has 0 spiro atoms. The van der Waals surface area contributed by atoms with E-state index in [1.165, 1.54) is 7.11 Å². The van der Waals surface area contributed by atoms with Crippen molar-refractivity contribution in [1.29, 1.82) is 0 Å². The lowest BCUT2D eigenvalue weighted by atomic mass is 10.3. The van der Waals surface area contributed by atoms with E-state index in [1.54, 1.807) is 0 Å². The maximum absolute atomic E-state index is 10.8. The maximum Gasteiger partial charge on any atom is 0.347 e. The van der Waals surface area contributed by atoms with Gasteiger partial charge in [0.25, 0.3) is 0 Å². The van der Waals surface area contributed by atoms with Crippen molar-refractivity contribution < 1.29 is 23.8 Å². The largest absolute Gasteiger partial charge is 0.463 e. The van der Waals surface area contributed by atoms with E-state index >= 15 is 0 Å². The highest BCUT2D eigenvalue weighted by atomic mass is 16.6. The van der Waals surface area contributed by atoms with Crippen LogP contribution < -0.4 is 0 Å². The first kappa shape index (κ1) is 8.99. The molecular formula is C7H10O5. The van der Waals surface area contributed by atoms with Gasteiger partial charge in [-0.25, -0.2) is 9.59 Å². The molecule has 1 atom stereocenters. The van der Waals surface area contributed by atoms with Crippen molar-refractivity contribution in [3.63, 3.8) is 0 Å². The molecule has 1 heterocycles. The monoisotopic (exact) mass is 174 g/mol. The van der Waals surface area contributed by atoms with Crippen molar-refractivity contribution in [2.75, 3.05) is 20.3 Å². The number of cyclic esters (lactones) is 1. The minimum atomic E-state index is -0.729. The molecule has 0 aliphatic carbocycles. The summed E-state index contributed by atoms with van der Waals surface area (Å²) in [6, 6.07) is 0. The van der Waals surface area contributed by atoms with Gasteiger partial charge in [0.15, 0.2) is 0 Å². The van der Waals surface area contributed by atoms with E-state index in [0.29, 0.717) is 13.0 Å². The van der Waals surface area contributed by atoms with Crippen molar-refractivity contribution in [1.82, 2.24) is 0 Å². The highest BCUT2D eigenvalue weighted by Crippen LogP contribution is 2.09. The van der Waals surface area contributed by atoms with Gasteiger partial charge in [0.1, 0.15) is 6.61 Å². The number of ether oxygens (including phenoxy) is 3. The topological polar surface area (TPSA) is 61.8 Å². The van der Waals surface area contributed by atoms with Gasteiger partial charge in [-0.3, -0.25) is 0 Å². The quantitative estimate of drug-likeness (QED) is 0.539. The molecule has 68 valence electrons. The van der Waals surface area contributed by atoms with E-state index in [9.17, 15) is 9.59 Å². The van der Waals surface area contributed by atoms with Crippen molar-refractivity contribution in [2.24, 2.45) is 0 Å². The number of rotatable bonds is 3. The Morgan fingerprint density at radius 2 is 2.50 bits per heavy atom. The highest BCUT2D eigenvalue weighted by Gasteiger charge is 2.29. The van der Waals surface area contributed by atoms with E-state index in [1.807, 2.05) is 0 Å². The molecule has 0 saturated carbocycles. The second kappa shape index (κ2) is 4.06. The van der Waals surface area contributed by atoms with Crippen LogP contribution in [0.2, 0.25) is 0 Å². The number of hydrogen-bond donors (Lipinski definition) is 0. The van der Waals surface area contributed by atoms with Crippen LogP contribution in [-0.2, 0) is 23.8 Å². The number of carbonyl (C=O) groups excluding carboxylic acids is 2. The summed E-state index contributed by atoms with van der Waals surface area (Å²) in [5.41, 5.74) is 0. The molecule has 1 aliphatic rings. The van der Waals surface area contributed by atoms with Gasteiger partial charge in [-0.05, 0) is 0 Å². The molecule has 5 nitrogen and oxygen atoms in total. The van der Waals surface area contributed by atoms with Crippen LogP contribution in [0, 0.1) is 0 Å². The Morgan fingerprint density at radius 3 is 3.00 bits per heavy atom. The van der Waals surface area contributed by atoms with Crippen LogP contribution in [0.1, 0.15) is 6.42 Å². The highest BCUT2D eigenvalue weighted by molar-refractivity contribution is 5.80. The summed E-state index contributed by atoms with van der Waals surface area (Å²) in [6.45, 7) is 0.188. The molecule has 0 amide bonds. The fourth-order valence-corrected chi connectivity index (χ4v) is 0.895. The average molecular weight is 174 g/mol. The third kappa shape index (κ3) is 2.20. The average Bonchev–Trinajstić information content (AvgIpc) is 2.37. The van der Waals surface area contributed by atoms with Crippen LogP contribution in [0.4, 0.5) is 0 Å². The van der Waals surface area contributed by atoms with Gasteiger partial charge in [-0.15, -0.1) is 0 Å². The lowest BCUT2D eigenvalue weighted by Gasteiger charge is -2.06. The lowest BCUT2D eigenvalue weighted by molar-refractivity contribution is -0.162. The molecule has 12 heavy (non-hydrogen) atoms. The molecular weight excluding hydrogens is 164 g/mol. The van der Waals surface area contributed by atoms with Crippen LogP contribution in [0.5, 0.6) is 0 Å². The predicted molar refractivity (Wildman–Crippen MR) is 37.3 cm³/mol. The molecule has 0 aromatic rings. The van der Waals surface area contributed by atoms with Crippen LogP contribution in [0.3, 0.4) is 0 Å². The summed E-state index contributed by atoms with van der Waals surface area (Å²) >= 11 is 0. The Kier molecular flexibility index (Phi) is 3.04. The number of carbonyl (C=O) groups is 2. The minimum Gasteiger partial charge on any atom is -0.463 e. The van der Waals surface area contributed by atoms with E-state index < -0.39 is 18.0 Å². The molecule has 0 aromatic carbocycles. The summed E-state index contributed by atoms with van der Waals surface area (Å²) in [5, 5.41) is 0. The smallest absolute Gasteiger partial charge is 0.347 e. The van der Waals surface area contributed by atoms with E-state index in [-0.39, 0.29) is 6.61 Å².